The van der Waals surface area contributed by atoms with Gasteiger partial charge in [-0.3, -0.25) is 0 Å². The first-order valence-corrected chi connectivity index (χ1v) is 6.79. The van der Waals surface area contributed by atoms with Crippen LogP contribution in [0.2, 0.25) is 0 Å². The molecule has 5 heteroatoms. The predicted molar refractivity (Wildman–Crippen MR) is 83.6 cm³/mol. The van der Waals surface area contributed by atoms with E-state index in [4.69, 9.17) is 10.5 Å². The van der Waals surface area contributed by atoms with E-state index >= 15 is 0 Å². The Morgan fingerprint density at radius 3 is 2.75 bits per heavy atom. The van der Waals surface area contributed by atoms with Crippen LogP contribution in [0.1, 0.15) is 18.1 Å². The van der Waals surface area contributed by atoms with E-state index in [1.807, 2.05) is 6.92 Å². The molecular formula is C15H26N4O. The van der Waals surface area contributed by atoms with E-state index in [0.717, 1.165) is 12.1 Å². The van der Waals surface area contributed by atoms with Crippen molar-refractivity contribution in [1.29, 1.82) is 0 Å². The van der Waals surface area contributed by atoms with E-state index < -0.39 is 0 Å². The quantitative estimate of drug-likeness (QED) is 0.581. The fourth-order valence-electron chi connectivity index (χ4n) is 1.96. The Hall–Kier alpha value is -1.59. The van der Waals surface area contributed by atoms with Crippen LogP contribution in [0.4, 0.5) is 0 Å². The normalized spacial score (nSPS) is 13.6. The molecule has 0 heterocycles. The number of aliphatic imine (C=N–C) groups is 1. The minimum Gasteiger partial charge on any atom is -0.383 e. The summed E-state index contributed by atoms with van der Waals surface area (Å²) < 4.78 is 5.04. The largest absolute Gasteiger partial charge is 0.383 e. The van der Waals surface area contributed by atoms with Crippen molar-refractivity contribution in [3.05, 3.63) is 35.4 Å². The molecule has 0 spiro atoms. The molecule has 1 atom stereocenters. The SMILES string of the molecule is COCC(C)NC(N)=NCc1cccc(CN(C)C)c1. The monoisotopic (exact) mass is 278 g/mol. The fourth-order valence-corrected chi connectivity index (χ4v) is 1.96. The summed E-state index contributed by atoms with van der Waals surface area (Å²) in [6, 6.07) is 8.56. The topological polar surface area (TPSA) is 62.9 Å². The Balaban J connectivity index is 2.55. The highest BCUT2D eigenvalue weighted by molar-refractivity contribution is 5.78. The van der Waals surface area contributed by atoms with Gasteiger partial charge in [0.2, 0.25) is 0 Å². The van der Waals surface area contributed by atoms with Crippen molar-refractivity contribution in [3.8, 4) is 0 Å². The summed E-state index contributed by atoms with van der Waals surface area (Å²) in [7, 11) is 5.79. The lowest BCUT2D eigenvalue weighted by Crippen LogP contribution is -2.40. The number of nitrogens with zero attached hydrogens (tertiary/aromatic N) is 2. The molecule has 0 aliphatic rings. The maximum absolute atomic E-state index is 5.85. The maximum Gasteiger partial charge on any atom is 0.189 e. The van der Waals surface area contributed by atoms with Gasteiger partial charge in [0.25, 0.3) is 0 Å². The predicted octanol–water partition coefficient (Wildman–Crippen LogP) is 1.19. The Morgan fingerprint density at radius 2 is 2.10 bits per heavy atom. The molecule has 0 amide bonds. The summed E-state index contributed by atoms with van der Waals surface area (Å²) >= 11 is 0. The van der Waals surface area contributed by atoms with Crippen LogP contribution < -0.4 is 11.1 Å². The van der Waals surface area contributed by atoms with Gasteiger partial charge in [0.1, 0.15) is 0 Å². The Morgan fingerprint density at radius 1 is 1.40 bits per heavy atom. The summed E-state index contributed by atoms with van der Waals surface area (Å²) in [6.45, 7) is 4.12. The van der Waals surface area contributed by atoms with Crippen LogP contribution in [0.5, 0.6) is 0 Å². The molecule has 1 unspecified atom stereocenters. The van der Waals surface area contributed by atoms with Gasteiger partial charge in [-0.1, -0.05) is 24.3 Å². The summed E-state index contributed by atoms with van der Waals surface area (Å²) in [4.78, 5) is 6.49. The Kier molecular flexibility index (Phi) is 7.04. The van der Waals surface area contributed by atoms with Gasteiger partial charge in [0, 0.05) is 19.7 Å². The Bertz CT molecular complexity index is 432. The first kappa shape index (κ1) is 16.5. The first-order chi connectivity index (χ1) is 9.51. The van der Waals surface area contributed by atoms with Crippen LogP contribution in [0, 0.1) is 0 Å². The molecule has 0 aromatic heterocycles. The lowest BCUT2D eigenvalue weighted by atomic mass is 10.1. The molecule has 112 valence electrons. The number of hydrogen-bond acceptors (Lipinski definition) is 3. The van der Waals surface area contributed by atoms with E-state index in [2.05, 4.69) is 53.6 Å². The van der Waals surface area contributed by atoms with Crippen molar-refractivity contribution < 1.29 is 4.74 Å². The van der Waals surface area contributed by atoms with Gasteiger partial charge in [-0.2, -0.15) is 0 Å². The van der Waals surface area contributed by atoms with Crippen LogP contribution in [-0.2, 0) is 17.8 Å². The molecule has 1 rings (SSSR count). The number of guanidine groups is 1. The number of nitrogens with two attached hydrogens (primary N) is 1. The van der Waals surface area contributed by atoms with Gasteiger partial charge in [-0.25, -0.2) is 4.99 Å². The second-order valence-corrected chi connectivity index (χ2v) is 5.26. The number of benzene rings is 1. The molecule has 0 saturated carbocycles. The standard InChI is InChI=1S/C15H26N4O/c1-12(11-20-4)18-15(16)17-9-13-6-5-7-14(8-13)10-19(2)3/h5-8,12H,9-11H2,1-4H3,(H3,16,17,18). The van der Waals surface area contributed by atoms with E-state index in [1.165, 1.54) is 5.56 Å². The van der Waals surface area contributed by atoms with Gasteiger partial charge in [0.05, 0.1) is 13.2 Å². The van der Waals surface area contributed by atoms with Gasteiger partial charge >= 0.3 is 0 Å². The molecule has 1 aromatic rings. The van der Waals surface area contributed by atoms with Crippen LogP contribution in [-0.4, -0.2) is 44.7 Å². The number of rotatable bonds is 7. The average molecular weight is 278 g/mol. The van der Waals surface area contributed by atoms with Crippen LogP contribution in [0.15, 0.2) is 29.3 Å². The zero-order valence-corrected chi connectivity index (χ0v) is 12.9. The van der Waals surface area contributed by atoms with Crippen LogP contribution >= 0.6 is 0 Å². The van der Waals surface area contributed by atoms with Crippen molar-refractivity contribution in [2.24, 2.45) is 10.7 Å². The molecule has 20 heavy (non-hydrogen) atoms. The van der Waals surface area contributed by atoms with Gasteiger partial charge < -0.3 is 20.7 Å². The van der Waals surface area contributed by atoms with E-state index in [1.54, 1.807) is 7.11 Å². The molecule has 0 aliphatic carbocycles. The number of methoxy groups -OCH3 is 1. The van der Waals surface area contributed by atoms with Crippen molar-refractivity contribution >= 4 is 5.96 Å². The lowest BCUT2D eigenvalue weighted by molar-refractivity contribution is 0.179. The third-order valence-electron chi connectivity index (χ3n) is 2.73. The number of ether oxygens (including phenoxy) is 1. The highest BCUT2D eigenvalue weighted by Gasteiger charge is 2.02. The molecule has 1 aromatic carbocycles. The van der Waals surface area contributed by atoms with Crippen molar-refractivity contribution in [2.75, 3.05) is 27.8 Å². The van der Waals surface area contributed by atoms with Gasteiger partial charge in [-0.15, -0.1) is 0 Å². The lowest BCUT2D eigenvalue weighted by Gasteiger charge is -2.13. The second kappa shape index (κ2) is 8.55. The average Bonchev–Trinajstić information content (AvgIpc) is 2.36. The molecule has 0 fully saturated rings. The van der Waals surface area contributed by atoms with E-state index in [-0.39, 0.29) is 6.04 Å². The van der Waals surface area contributed by atoms with Crippen molar-refractivity contribution in [2.45, 2.75) is 26.1 Å². The third kappa shape index (κ3) is 6.54. The maximum atomic E-state index is 5.85. The minimum atomic E-state index is 0.156. The van der Waals surface area contributed by atoms with Gasteiger partial charge in [-0.05, 0) is 32.1 Å². The fraction of sp³-hybridized carbons (Fsp3) is 0.533. The smallest absolute Gasteiger partial charge is 0.189 e. The summed E-state index contributed by atoms with van der Waals surface area (Å²) in [5.74, 6) is 0.451. The molecule has 5 nitrogen and oxygen atoms in total. The van der Waals surface area contributed by atoms with Crippen molar-refractivity contribution in [1.82, 2.24) is 10.2 Å². The van der Waals surface area contributed by atoms with Crippen molar-refractivity contribution in [3.63, 3.8) is 0 Å². The molecule has 0 saturated heterocycles. The van der Waals surface area contributed by atoms with E-state index in [9.17, 15) is 0 Å². The minimum absolute atomic E-state index is 0.156. The highest BCUT2D eigenvalue weighted by Crippen LogP contribution is 2.08. The highest BCUT2D eigenvalue weighted by atomic mass is 16.5. The zero-order valence-electron chi connectivity index (χ0n) is 12.9. The molecule has 0 aliphatic heterocycles. The third-order valence-corrected chi connectivity index (χ3v) is 2.73. The van der Waals surface area contributed by atoms with Crippen LogP contribution in [0.3, 0.4) is 0 Å². The molecule has 0 bridgehead atoms. The number of nitrogens with one attached hydrogen (secondary N) is 1. The Labute approximate surface area is 121 Å². The summed E-state index contributed by atoms with van der Waals surface area (Å²) in [6.07, 6.45) is 0. The zero-order chi connectivity index (χ0) is 15.0. The van der Waals surface area contributed by atoms with Gasteiger partial charge in [0.15, 0.2) is 5.96 Å². The van der Waals surface area contributed by atoms with E-state index in [0.29, 0.717) is 19.1 Å². The molecular weight excluding hydrogens is 252 g/mol. The molecule has 0 radical (unpaired) electrons. The number of hydrogen-bond donors (Lipinski definition) is 2. The summed E-state index contributed by atoms with van der Waals surface area (Å²) in [5, 5.41) is 3.09. The first-order valence-electron chi connectivity index (χ1n) is 6.79. The second-order valence-electron chi connectivity index (χ2n) is 5.26. The molecule has 3 N–H and O–H groups in total. The summed E-state index contributed by atoms with van der Waals surface area (Å²) in [5.41, 5.74) is 8.29. The van der Waals surface area contributed by atoms with Crippen LogP contribution in [0.25, 0.3) is 0 Å².